The molecule has 2 aromatic carbocycles. The van der Waals surface area contributed by atoms with Crippen LogP contribution in [0.4, 0.5) is 5.69 Å². The van der Waals surface area contributed by atoms with Crippen molar-refractivity contribution < 1.29 is 13.2 Å². The van der Waals surface area contributed by atoms with Gasteiger partial charge in [0.25, 0.3) is 15.9 Å². The zero-order valence-electron chi connectivity index (χ0n) is 14.4. The molecule has 1 amide bonds. The van der Waals surface area contributed by atoms with Crippen LogP contribution in [0, 0.1) is 11.8 Å². The molecule has 0 saturated heterocycles. The maximum absolute atomic E-state index is 12.8. The Balaban J connectivity index is 1.54. The molecule has 6 heteroatoms. The molecule has 2 fully saturated rings. The van der Waals surface area contributed by atoms with E-state index in [1.807, 2.05) is 0 Å². The predicted octanol–water partition coefficient (Wildman–Crippen LogP) is 3.41. The molecule has 0 aliphatic heterocycles. The van der Waals surface area contributed by atoms with Gasteiger partial charge in [-0.1, -0.05) is 36.8 Å². The van der Waals surface area contributed by atoms with Crippen molar-refractivity contribution in [1.82, 2.24) is 5.32 Å². The number of hydrogen-bond donors (Lipinski definition) is 2. The Labute approximate surface area is 153 Å². The zero-order valence-corrected chi connectivity index (χ0v) is 15.2. The van der Waals surface area contributed by atoms with Crippen LogP contribution in [0.1, 0.15) is 36.0 Å². The molecule has 2 aliphatic carbocycles. The summed E-state index contributed by atoms with van der Waals surface area (Å²) in [5.74, 6) is 1.09. The normalized spacial score (nSPS) is 24.4. The Bertz CT molecular complexity index is 912. The van der Waals surface area contributed by atoms with Crippen molar-refractivity contribution in [2.75, 3.05) is 4.72 Å². The highest BCUT2D eigenvalue weighted by molar-refractivity contribution is 7.92. The van der Waals surface area contributed by atoms with Crippen molar-refractivity contribution in [3.05, 3.63) is 60.2 Å². The van der Waals surface area contributed by atoms with Crippen molar-refractivity contribution in [3.8, 4) is 0 Å². The van der Waals surface area contributed by atoms with Gasteiger partial charge in [-0.2, -0.15) is 0 Å². The summed E-state index contributed by atoms with van der Waals surface area (Å²) in [5, 5.41) is 3.12. The highest BCUT2D eigenvalue weighted by Crippen LogP contribution is 2.44. The second-order valence-corrected chi connectivity index (χ2v) is 8.90. The van der Waals surface area contributed by atoms with E-state index in [4.69, 9.17) is 0 Å². The van der Waals surface area contributed by atoms with E-state index in [1.165, 1.54) is 31.4 Å². The molecule has 2 aromatic rings. The molecule has 136 valence electrons. The monoisotopic (exact) mass is 370 g/mol. The molecule has 4 rings (SSSR count). The molecule has 2 aliphatic rings. The van der Waals surface area contributed by atoms with Crippen LogP contribution in [-0.4, -0.2) is 20.4 Å². The van der Waals surface area contributed by atoms with Gasteiger partial charge in [0.1, 0.15) is 0 Å². The standard InChI is InChI=1S/C20H22N2O3S/c23-20(21-19-13-14-10-11-15(19)12-14)17-8-4-5-9-18(17)22-26(24,25)16-6-2-1-3-7-16/h1-9,14-15,19,22H,10-13H2,(H,21,23)/t14-,15-,19+/m0/s1. The van der Waals surface area contributed by atoms with Crippen molar-refractivity contribution in [2.24, 2.45) is 11.8 Å². The van der Waals surface area contributed by atoms with Crippen molar-refractivity contribution in [3.63, 3.8) is 0 Å². The number of sulfonamides is 1. The number of hydrogen-bond acceptors (Lipinski definition) is 3. The summed E-state index contributed by atoms with van der Waals surface area (Å²) in [5.41, 5.74) is 0.659. The Morgan fingerprint density at radius 3 is 2.35 bits per heavy atom. The summed E-state index contributed by atoms with van der Waals surface area (Å²) < 4.78 is 27.7. The van der Waals surface area contributed by atoms with E-state index in [9.17, 15) is 13.2 Å². The van der Waals surface area contributed by atoms with Gasteiger partial charge in [-0.05, 0) is 55.4 Å². The second-order valence-electron chi connectivity index (χ2n) is 7.22. The number of para-hydroxylation sites is 1. The van der Waals surface area contributed by atoms with Crippen molar-refractivity contribution in [2.45, 2.75) is 36.6 Å². The number of carbonyl (C=O) groups excluding carboxylic acids is 1. The van der Waals surface area contributed by atoms with Gasteiger partial charge in [0, 0.05) is 6.04 Å². The van der Waals surface area contributed by atoms with Gasteiger partial charge in [0.15, 0.2) is 0 Å². The number of benzene rings is 2. The molecule has 0 heterocycles. The predicted molar refractivity (Wildman–Crippen MR) is 100 cm³/mol. The number of amides is 1. The van der Waals surface area contributed by atoms with E-state index < -0.39 is 10.0 Å². The van der Waals surface area contributed by atoms with Gasteiger partial charge in [-0.25, -0.2) is 8.42 Å². The number of nitrogens with one attached hydrogen (secondary N) is 2. The quantitative estimate of drug-likeness (QED) is 0.847. The minimum absolute atomic E-state index is 0.170. The number of carbonyl (C=O) groups is 1. The third-order valence-electron chi connectivity index (χ3n) is 5.52. The van der Waals surface area contributed by atoms with Gasteiger partial charge in [0.05, 0.1) is 16.1 Å². The molecule has 2 N–H and O–H groups in total. The fraction of sp³-hybridized carbons (Fsp3) is 0.350. The lowest BCUT2D eigenvalue weighted by Gasteiger charge is -2.23. The average Bonchev–Trinajstić information content (AvgIpc) is 3.25. The molecule has 0 aromatic heterocycles. The number of rotatable bonds is 5. The molecule has 2 bridgehead atoms. The van der Waals surface area contributed by atoms with Crippen LogP contribution in [0.3, 0.4) is 0 Å². The molecular formula is C20H22N2O3S. The largest absolute Gasteiger partial charge is 0.349 e. The van der Waals surface area contributed by atoms with Crippen LogP contribution in [0.5, 0.6) is 0 Å². The third-order valence-corrected chi connectivity index (χ3v) is 6.91. The Hall–Kier alpha value is -2.34. The molecule has 0 spiro atoms. The minimum atomic E-state index is -3.73. The molecule has 3 atom stereocenters. The highest BCUT2D eigenvalue weighted by Gasteiger charge is 2.40. The van der Waals surface area contributed by atoms with Crippen LogP contribution < -0.4 is 10.0 Å². The molecule has 5 nitrogen and oxygen atoms in total. The Morgan fingerprint density at radius 2 is 1.65 bits per heavy atom. The first kappa shape index (κ1) is 17.1. The first-order valence-corrected chi connectivity index (χ1v) is 10.5. The zero-order chi connectivity index (χ0) is 18.1. The summed E-state index contributed by atoms with van der Waals surface area (Å²) in [4.78, 5) is 12.9. The molecular weight excluding hydrogens is 348 g/mol. The Kier molecular flexibility index (Phi) is 4.44. The van der Waals surface area contributed by atoms with E-state index >= 15 is 0 Å². The van der Waals surface area contributed by atoms with Crippen molar-refractivity contribution in [1.29, 1.82) is 0 Å². The number of anilines is 1. The van der Waals surface area contributed by atoms with Gasteiger partial charge < -0.3 is 5.32 Å². The summed E-state index contributed by atoms with van der Waals surface area (Å²) in [7, 11) is -3.73. The molecule has 26 heavy (non-hydrogen) atoms. The molecule has 2 saturated carbocycles. The van der Waals surface area contributed by atoms with Gasteiger partial charge in [-0.3, -0.25) is 9.52 Å². The van der Waals surface area contributed by atoms with Crippen LogP contribution >= 0.6 is 0 Å². The smallest absolute Gasteiger partial charge is 0.261 e. The maximum Gasteiger partial charge on any atom is 0.261 e. The number of fused-ring (bicyclic) bond motifs is 2. The average molecular weight is 370 g/mol. The van der Waals surface area contributed by atoms with Gasteiger partial charge >= 0.3 is 0 Å². The van der Waals surface area contributed by atoms with Gasteiger partial charge in [0.2, 0.25) is 0 Å². The van der Waals surface area contributed by atoms with Crippen molar-refractivity contribution >= 4 is 21.6 Å². The molecule has 0 radical (unpaired) electrons. The summed E-state index contributed by atoms with van der Waals surface area (Å²) in [6.07, 6.45) is 4.68. The minimum Gasteiger partial charge on any atom is -0.349 e. The van der Waals surface area contributed by atoms with E-state index in [2.05, 4.69) is 10.0 Å². The van der Waals surface area contributed by atoms with Crippen LogP contribution in [-0.2, 0) is 10.0 Å². The second kappa shape index (κ2) is 6.76. The van der Waals surface area contributed by atoms with Gasteiger partial charge in [-0.15, -0.1) is 0 Å². The summed E-state index contributed by atoms with van der Waals surface area (Å²) in [6.45, 7) is 0. The first-order chi connectivity index (χ1) is 12.5. The van der Waals surface area contributed by atoms with Crippen LogP contribution in [0.2, 0.25) is 0 Å². The van der Waals surface area contributed by atoms with Crippen LogP contribution in [0.25, 0.3) is 0 Å². The maximum atomic E-state index is 12.8. The van der Waals surface area contributed by atoms with E-state index in [1.54, 1.807) is 42.5 Å². The van der Waals surface area contributed by atoms with E-state index in [0.29, 0.717) is 17.2 Å². The lowest BCUT2D eigenvalue weighted by molar-refractivity contribution is 0.0924. The SMILES string of the molecule is O=C(N[C@@H]1C[C@H]2CC[C@H]1C2)c1ccccc1NS(=O)(=O)c1ccccc1. The fourth-order valence-corrected chi connectivity index (χ4v) is 5.34. The van der Waals surface area contributed by atoms with E-state index in [-0.39, 0.29) is 16.8 Å². The highest BCUT2D eigenvalue weighted by atomic mass is 32.2. The van der Waals surface area contributed by atoms with E-state index in [0.717, 1.165) is 12.3 Å². The fourth-order valence-electron chi connectivity index (χ4n) is 4.24. The third kappa shape index (κ3) is 3.33. The topological polar surface area (TPSA) is 75.3 Å². The first-order valence-electron chi connectivity index (χ1n) is 9.01. The molecule has 0 unspecified atom stereocenters. The lowest BCUT2D eigenvalue weighted by atomic mass is 9.95. The summed E-state index contributed by atoms with van der Waals surface area (Å²) >= 11 is 0. The lowest BCUT2D eigenvalue weighted by Crippen LogP contribution is -2.38. The van der Waals surface area contributed by atoms with Crippen LogP contribution in [0.15, 0.2) is 59.5 Å². The Morgan fingerprint density at radius 1 is 0.923 bits per heavy atom. The summed E-state index contributed by atoms with van der Waals surface area (Å²) in [6, 6.07) is 15.1.